The maximum atomic E-state index is 12.6. The molecule has 1 unspecified atom stereocenters. The molecule has 1 aromatic carbocycles. The summed E-state index contributed by atoms with van der Waals surface area (Å²) in [6, 6.07) is 5.07. The number of hydrogen-bond acceptors (Lipinski definition) is 4. The van der Waals surface area contributed by atoms with Gasteiger partial charge in [0, 0.05) is 5.69 Å². The maximum Gasteiger partial charge on any atom is 0.328 e. The molecule has 1 aromatic rings. The minimum atomic E-state index is -0.714. The summed E-state index contributed by atoms with van der Waals surface area (Å²) in [5.41, 5.74) is 2.63. The fourth-order valence-corrected chi connectivity index (χ4v) is 2.12. The largest absolute Gasteiger partial charge is 0.467 e. The number of carbonyl (C=O) groups excluding carboxylic acids is 2. The average Bonchev–Trinajstić information content (AvgIpc) is 2.47. The van der Waals surface area contributed by atoms with E-state index in [0.717, 1.165) is 11.1 Å². The van der Waals surface area contributed by atoms with Crippen molar-refractivity contribution < 1.29 is 19.1 Å². The quantitative estimate of drug-likeness (QED) is 0.758. The summed E-state index contributed by atoms with van der Waals surface area (Å²) in [5.74, 6) is -0.723. The van der Waals surface area contributed by atoms with E-state index in [1.807, 2.05) is 45.9 Å². The number of rotatable bonds is 6. The zero-order valence-corrected chi connectivity index (χ0v) is 14.2. The Bertz CT molecular complexity index is 539. The molecule has 0 heterocycles. The van der Waals surface area contributed by atoms with Gasteiger partial charge < -0.3 is 9.47 Å². The molecule has 0 radical (unpaired) electrons. The molecule has 5 nitrogen and oxygen atoms in total. The third-order valence-corrected chi connectivity index (χ3v) is 3.36. The van der Waals surface area contributed by atoms with E-state index in [1.165, 1.54) is 12.0 Å². The number of aryl methyl sites for hydroxylation is 2. The second-order valence-corrected chi connectivity index (χ2v) is 5.61. The number of benzene rings is 1. The van der Waals surface area contributed by atoms with Gasteiger partial charge in [-0.2, -0.15) is 0 Å². The Hall–Kier alpha value is -1.88. The fraction of sp³-hybridized carbons (Fsp3) is 0.529. The first-order valence-corrected chi connectivity index (χ1v) is 7.36. The molecule has 0 saturated heterocycles. The lowest BCUT2D eigenvalue weighted by molar-refractivity contribution is -0.143. The minimum absolute atomic E-state index is 0.0576. The second-order valence-electron chi connectivity index (χ2n) is 5.61. The Morgan fingerprint density at radius 2 is 1.82 bits per heavy atom. The molecule has 22 heavy (non-hydrogen) atoms. The Balaban J connectivity index is 3.18. The summed E-state index contributed by atoms with van der Waals surface area (Å²) in [5, 5.41) is 0. The second kappa shape index (κ2) is 7.94. The lowest BCUT2D eigenvalue weighted by Gasteiger charge is -2.29. The number of anilines is 1. The van der Waals surface area contributed by atoms with Gasteiger partial charge in [-0.25, -0.2) is 4.79 Å². The van der Waals surface area contributed by atoms with E-state index < -0.39 is 12.0 Å². The summed E-state index contributed by atoms with van der Waals surface area (Å²) in [6.07, 6.45) is -0.0576. The van der Waals surface area contributed by atoms with E-state index in [2.05, 4.69) is 0 Å². The van der Waals surface area contributed by atoms with Gasteiger partial charge in [0.2, 0.25) is 0 Å². The molecule has 122 valence electrons. The summed E-state index contributed by atoms with van der Waals surface area (Å²) >= 11 is 0. The first kappa shape index (κ1) is 18.2. The molecule has 0 aliphatic rings. The van der Waals surface area contributed by atoms with Gasteiger partial charge in [-0.05, 0) is 51.8 Å². The van der Waals surface area contributed by atoms with Crippen molar-refractivity contribution in [2.75, 3.05) is 18.6 Å². The molecule has 0 aliphatic carbocycles. The summed E-state index contributed by atoms with van der Waals surface area (Å²) in [4.78, 5) is 25.9. The van der Waals surface area contributed by atoms with Crippen LogP contribution >= 0.6 is 0 Å². The van der Waals surface area contributed by atoms with E-state index >= 15 is 0 Å². The highest BCUT2D eigenvalue weighted by atomic mass is 16.5. The Kier molecular flexibility index (Phi) is 6.56. The van der Waals surface area contributed by atoms with Gasteiger partial charge in [0.15, 0.2) is 0 Å². The Morgan fingerprint density at radius 1 is 1.18 bits per heavy atom. The molecule has 0 saturated carbocycles. The highest BCUT2D eigenvalue weighted by Crippen LogP contribution is 2.24. The third kappa shape index (κ3) is 4.56. The van der Waals surface area contributed by atoms with Crippen molar-refractivity contribution >= 4 is 17.6 Å². The highest BCUT2D eigenvalue weighted by Gasteiger charge is 2.29. The van der Waals surface area contributed by atoms with E-state index in [4.69, 9.17) is 9.47 Å². The molecule has 0 fully saturated rings. The van der Waals surface area contributed by atoms with Crippen LogP contribution in [0.25, 0.3) is 0 Å². The molecule has 1 atom stereocenters. The van der Waals surface area contributed by atoms with Crippen LogP contribution < -0.4 is 4.90 Å². The summed E-state index contributed by atoms with van der Waals surface area (Å²) in [7, 11) is 1.31. The number of methoxy groups -OCH3 is 1. The van der Waals surface area contributed by atoms with E-state index in [0.29, 0.717) is 5.69 Å². The molecule has 1 amide bonds. The fourth-order valence-electron chi connectivity index (χ4n) is 2.12. The predicted molar refractivity (Wildman–Crippen MR) is 86.0 cm³/mol. The van der Waals surface area contributed by atoms with E-state index in [-0.39, 0.29) is 18.6 Å². The van der Waals surface area contributed by atoms with E-state index in [9.17, 15) is 9.59 Å². The van der Waals surface area contributed by atoms with Gasteiger partial charge in [-0.15, -0.1) is 0 Å². The number of esters is 1. The topological polar surface area (TPSA) is 55.8 Å². The molecule has 0 aromatic heterocycles. The first-order valence-electron chi connectivity index (χ1n) is 7.36. The SMILES string of the molecule is COC(=O)C(C)N(C(=O)COC(C)C)c1cc(C)ccc1C. The summed E-state index contributed by atoms with van der Waals surface area (Å²) < 4.78 is 10.2. The van der Waals surface area contributed by atoms with Crippen molar-refractivity contribution in [2.24, 2.45) is 0 Å². The third-order valence-electron chi connectivity index (χ3n) is 3.36. The van der Waals surface area contributed by atoms with Gasteiger partial charge in [0.05, 0.1) is 13.2 Å². The van der Waals surface area contributed by atoms with Gasteiger partial charge in [0.25, 0.3) is 5.91 Å². The standard InChI is InChI=1S/C17H25NO4/c1-11(2)22-10-16(19)18(14(5)17(20)21-6)15-9-12(3)7-8-13(15)4/h7-9,11,14H,10H2,1-6H3. The number of hydrogen-bond donors (Lipinski definition) is 0. The van der Waals surface area contributed by atoms with Gasteiger partial charge in [-0.3, -0.25) is 9.69 Å². The van der Waals surface area contributed by atoms with Gasteiger partial charge in [0.1, 0.15) is 12.6 Å². The molecule has 0 aliphatic heterocycles. The van der Waals surface area contributed by atoms with Crippen LogP contribution in [0, 0.1) is 13.8 Å². The molecular formula is C17H25NO4. The molecule has 0 N–H and O–H groups in total. The number of carbonyl (C=O) groups is 2. The van der Waals surface area contributed by atoms with Crippen LogP contribution in [0.15, 0.2) is 18.2 Å². The van der Waals surface area contributed by atoms with Crippen LogP contribution in [0.5, 0.6) is 0 Å². The monoisotopic (exact) mass is 307 g/mol. The van der Waals surface area contributed by atoms with Crippen molar-refractivity contribution in [3.05, 3.63) is 29.3 Å². The zero-order chi connectivity index (χ0) is 16.9. The van der Waals surface area contributed by atoms with Crippen LogP contribution in [-0.4, -0.2) is 37.7 Å². The van der Waals surface area contributed by atoms with Crippen LogP contribution in [-0.2, 0) is 19.1 Å². The number of ether oxygens (including phenoxy) is 2. The van der Waals surface area contributed by atoms with Crippen LogP contribution in [0.3, 0.4) is 0 Å². The Labute approximate surface area is 132 Å². The van der Waals surface area contributed by atoms with Crippen molar-refractivity contribution in [1.82, 2.24) is 0 Å². The number of nitrogens with zero attached hydrogens (tertiary/aromatic N) is 1. The smallest absolute Gasteiger partial charge is 0.328 e. The maximum absolute atomic E-state index is 12.6. The van der Waals surface area contributed by atoms with Crippen LogP contribution in [0.4, 0.5) is 5.69 Å². The average molecular weight is 307 g/mol. The van der Waals surface area contributed by atoms with Crippen molar-refractivity contribution in [2.45, 2.75) is 46.8 Å². The summed E-state index contributed by atoms with van der Waals surface area (Å²) in [6.45, 7) is 9.15. The van der Waals surface area contributed by atoms with Crippen LogP contribution in [0.2, 0.25) is 0 Å². The normalized spacial score (nSPS) is 12.1. The lowest BCUT2D eigenvalue weighted by Crippen LogP contribution is -2.46. The molecule has 0 bridgehead atoms. The molecule has 0 spiro atoms. The highest BCUT2D eigenvalue weighted by molar-refractivity contribution is 6.00. The number of amides is 1. The molecule has 5 heteroatoms. The molecular weight excluding hydrogens is 282 g/mol. The van der Waals surface area contributed by atoms with Crippen LogP contribution in [0.1, 0.15) is 31.9 Å². The predicted octanol–water partition coefficient (Wildman–Crippen LogP) is 2.62. The van der Waals surface area contributed by atoms with E-state index in [1.54, 1.807) is 6.92 Å². The minimum Gasteiger partial charge on any atom is -0.467 e. The van der Waals surface area contributed by atoms with Crippen molar-refractivity contribution in [3.8, 4) is 0 Å². The molecule has 1 rings (SSSR count). The first-order chi connectivity index (χ1) is 10.3. The van der Waals surface area contributed by atoms with Gasteiger partial charge >= 0.3 is 5.97 Å². The lowest BCUT2D eigenvalue weighted by atomic mass is 10.1. The van der Waals surface area contributed by atoms with Crippen molar-refractivity contribution in [1.29, 1.82) is 0 Å². The van der Waals surface area contributed by atoms with Gasteiger partial charge in [-0.1, -0.05) is 12.1 Å². The zero-order valence-electron chi connectivity index (χ0n) is 14.2. The Morgan fingerprint density at radius 3 is 2.36 bits per heavy atom. The van der Waals surface area contributed by atoms with Crippen molar-refractivity contribution in [3.63, 3.8) is 0 Å².